The predicted octanol–water partition coefficient (Wildman–Crippen LogP) is 4.23. The maximum Gasteiger partial charge on any atom is 0.123 e. The summed E-state index contributed by atoms with van der Waals surface area (Å²) < 4.78 is 13.9. The zero-order valence-electron chi connectivity index (χ0n) is 9.28. The van der Waals surface area contributed by atoms with Crippen LogP contribution in [-0.4, -0.2) is 5.11 Å². The van der Waals surface area contributed by atoms with Crippen molar-refractivity contribution in [1.82, 2.24) is 0 Å². The molecule has 1 aromatic heterocycles. The molecule has 1 atom stereocenters. The number of aliphatic hydroxyl groups is 1. The molecule has 1 unspecified atom stereocenters. The van der Waals surface area contributed by atoms with Gasteiger partial charge in [-0.2, -0.15) is 0 Å². The van der Waals surface area contributed by atoms with Gasteiger partial charge in [0.05, 0.1) is 9.89 Å². The maximum absolute atomic E-state index is 12.9. The average molecular weight is 315 g/mol. The Kier molecular flexibility index (Phi) is 3.97. The van der Waals surface area contributed by atoms with E-state index in [0.29, 0.717) is 6.42 Å². The lowest BCUT2D eigenvalue weighted by Gasteiger charge is -2.10. The highest BCUT2D eigenvalue weighted by molar-refractivity contribution is 9.11. The van der Waals surface area contributed by atoms with Gasteiger partial charge in [0.1, 0.15) is 5.82 Å². The molecule has 0 aliphatic rings. The van der Waals surface area contributed by atoms with Crippen molar-refractivity contribution in [2.75, 3.05) is 0 Å². The predicted molar refractivity (Wildman–Crippen MR) is 71.8 cm³/mol. The van der Waals surface area contributed by atoms with Crippen LogP contribution in [0, 0.1) is 12.7 Å². The van der Waals surface area contributed by atoms with Gasteiger partial charge in [-0.25, -0.2) is 4.39 Å². The molecule has 2 rings (SSSR count). The Hall–Kier alpha value is -0.710. The topological polar surface area (TPSA) is 20.2 Å². The molecule has 0 saturated carbocycles. The van der Waals surface area contributed by atoms with Gasteiger partial charge in [-0.1, -0.05) is 6.07 Å². The molecule has 0 spiro atoms. The Labute approximate surface area is 112 Å². The average Bonchev–Trinajstić information content (AvgIpc) is 2.69. The van der Waals surface area contributed by atoms with Crippen molar-refractivity contribution < 1.29 is 9.50 Å². The molecule has 0 radical (unpaired) electrons. The van der Waals surface area contributed by atoms with Crippen LogP contribution in [0.1, 0.15) is 22.1 Å². The van der Waals surface area contributed by atoms with Crippen molar-refractivity contribution >= 4 is 27.3 Å². The molecule has 0 bridgehead atoms. The van der Waals surface area contributed by atoms with Crippen LogP contribution >= 0.6 is 27.3 Å². The molecule has 90 valence electrons. The number of aryl methyl sites for hydroxylation is 1. The van der Waals surface area contributed by atoms with Crippen LogP contribution in [0.15, 0.2) is 34.1 Å². The third-order valence-electron chi connectivity index (χ3n) is 2.64. The summed E-state index contributed by atoms with van der Waals surface area (Å²) in [6, 6.07) is 8.47. The Morgan fingerprint density at radius 3 is 2.71 bits per heavy atom. The zero-order chi connectivity index (χ0) is 12.4. The maximum atomic E-state index is 12.9. The Morgan fingerprint density at radius 2 is 2.12 bits per heavy atom. The number of halogens is 2. The highest BCUT2D eigenvalue weighted by Gasteiger charge is 2.12. The van der Waals surface area contributed by atoms with Gasteiger partial charge in [-0.15, -0.1) is 11.3 Å². The summed E-state index contributed by atoms with van der Waals surface area (Å²) in [5, 5.41) is 10.1. The fourth-order valence-electron chi connectivity index (χ4n) is 1.70. The highest BCUT2D eigenvalue weighted by Crippen LogP contribution is 2.29. The fourth-order valence-corrected chi connectivity index (χ4v) is 3.11. The van der Waals surface area contributed by atoms with Crippen LogP contribution in [-0.2, 0) is 6.42 Å². The standard InChI is InChI=1S/C13H12BrFOS/c1-8-6-10(15)3-2-9(8)7-11(16)12-4-5-13(14)17-12/h2-6,11,16H,7H2,1H3. The fraction of sp³-hybridized carbons (Fsp3) is 0.231. The molecule has 1 N–H and O–H groups in total. The summed E-state index contributed by atoms with van der Waals surface area (Å²) in [4.78, 5) is 0.917. The minimum absolute atomic E-state index is 0.236. The van der Waals surface area contributed by atoms with Crippen molar-refractivity contribution in [1.29, 1.82) is 0 Å². The third-order valence-corrected chi connectivity index (χ3v) is 4.37. The lowest BCUT2D eigenvalue weighted by molar-refractivity contribution is 0.182. The second-order valence-electron chi connectivity index (χ2n) is 3.93. The molecule has 0 fully saturated rings. The first kappa shape index (κ1) is 12.7. The summed E-state index contributed by atoms with van der Waals surface area (Å²) in [5.41, 5.74) is 1.85. The molecule has 4 heteroatoms. The Bertz CT molecular complexity index is 524. The number of rotatable bonds is 3. The van der Waals surface area contributed by atoms with Crippen molar-refractivity contribution in [3.63, 3.8) is 0 Å². The number of benzene rings is 1. The van der Waals surface area contributed by atoms with Crippen LogP contribution < -0.4 is 0 Å². The van der Waals surface area contributed by atoms with Crippen LogP contribution in [0.25, 0.3) is 0 Å². The van der Waals surface area contributed by atoms with Gasteiger partial charge >= 0.3 is 0 Å². The second kappa shape index (κ2) is 5.29. The quantitative estimate of drug-likeness (QED) is 0.898. The van der Waals surface area contributed by atoms with Crippen molar-refractivity contribution in [2.24, 2.45) is 0 Å². The monoisotopic (exact) mass is 314 g/mol. The van der Waals surface area contributed by atoms with Crippen molar-refractivity contribution in [2.45, 2.75) is 19.4 Å². The van der Waals surface area contributed by atoms with E-state index in [1.165, 1.54) is 23.5 Å². The lowest BCUT2D eigenvalue weighted by Crippen LogP contribution is -2.01. The number of hydrogen-bond acceptors (Lipinski definition) is 2. The van der Waals surface area contributed by atoms with E-state index >= 15 is 0 Å². The third kappa shape index (κ3) is 3.15. The van der Waals surface area contributed by atoms with Gasteiger partial charge in [0, 0.05) is 11.3 Å². The van der Waals surface area contributed by atoms with Crippen molar-refractivity contribution in [3.05, 3.63) is 55.9 Å². The summed E-state index contributed by atoms with van der Waals surface area (Å²) >= 11 is 4.88. The first-order valence-corrected chi connectivity index (χ1v) is 6.85. The van der Waals surface area contributed by atoms with Gasteiger partial charge in [-0.05, 0) is 58.2 Å². The molecule has 1 heterocycles. The van der Waals surface area contributed by atoms with Crippen LogP contribution in [0.5, 0.6) is 0 Å². The van der Waals surface area contributed by atoms with Gasteiger partial charge in [-0.3, -0.25) is 0 Å². The number of hydrogen-bond donors (Lipinski definition) is 1. The first-order chi connectivity index (χ1) is 8.06. The summed E-state index contributed by atoms with van der Waals surface area (Å²) in [5.74, 6) is -0.236. The summed E-state index contributed by atoms with van der Waals surface area (Å²) in [6.45, 7) is 1.86. The largest absolute Gasteiger partial charge is 0.387 e. The number of thiophene rings is 1. The minimum Gasteiger partial charge on any atom is -0.387 e. The smallest absolute Gasteiger partial charge is 0.123 e. The van der Waals surface area contributed by atoms with Gasteiger partial charge in [0.15, 0.2) is 0 Å². The van der Waals surface area contributed by atoms with Crippen LogP contribution in [0.3, 0.4) is 0 Å². The summed E-state index contributed by atoms with van der Waals surface area (Å²) in [7, 11) is 0. The molecule has 1 nitrogen and oxygen atoms in total. The molecule has 17 heavy (non-hydrogen) atoms. The van der Waals surface area contributed by atoms with E-state index in [-0.39, 0.29) is 5.82 Å². The van der Waals surface area contributed by atoms with Crippen molar-refractivity contribution in [3.8, 4) is 0 Å². The normalized spacial score (nSPS) is 12.7. The molecule has 0 aliphatic carbocycles. The van der Waals surface area contributed by atoms with E-state index in [9.17, 15) is 9.50 Å². The molecule has 2 aromatic rings. The molecular formula is C13H12BrFOS. The van der Waals surface area contributed by atoms with E-state index in [0.717, 1.165) is 19.8 Å². The van der Waals surface area contributed by atoms with E-state index in [2.05, 4.69) is 15.9 Å². The SMILES string of the molecule is Cc1cc(F)ccc1CC(O)c1ccc(Br)s1. The van der Waals surface area contributed by atoms with Gasteiger partial charge in [0.2, 0.25) is 0 Å². The molecule has 1 aromatic carbocycles. The van der Waals surface area contributed by atoms with E-state index in [4.69, 9.17) is 0 Å². The number of aliphatic hydroxyl groups excluding tert-OH is 1. The van der Waals surface area contributed by atoms with Gasteiger partial charge < -0.3 is 5.11 Å². The minimum atomic E-state index is -0.532. The Morgan fingerprint density at radius 1 is 1.35 bits per heavy atom. The van der Waals surface area contributed by atoms with E-state index in [1.807, 2.05) is 19.1 Å². The van der Waals surface area contributed by atoms with Crippen LogP contribution in [0.2, 0.25) is 0 Å². The van der Waals surface area contributed by atoms with E-state index in [1.54, 1.807) is 6.07 Å². The lowest BCUT2D eigenvalue weighted by atomic mass is 10.0. The molecule has 0 amide bonds. The second-order valence-corrected chi connectivity index (χ2v) is 6.43. The molecular weight excluding hydrogens is 303 g/mol. The zero-order valence-corrected chi connectivity index (χ0v) is 11.7. The van der Waals surface area contributed by atoms with Gasteiger partial charge in [0.25, 0.3) is 0 Å². The molecule has 0 aliphatic heterocycles. The Balaban J connectivity index is 2.15. The highest BCUT2D eigenvalue weighted by atomic mass is 79.9. The molecule has 0 saturated heterocycles. The first-order valence-electron chi connectivity index (χ1n) is 5.24. The summed E-state index contributed by atoms with van der Waals surface area (Å²) in [6.07, 6.45) is -0.0190. The van der Waals surface area contributed by atoms with E-state index < -0.39 is 6.10 Å². The van der Waals surface area contributed by atoms with Crippen LogP contribution in [0.4, 0.5) is 4.39 Å².